The van der Waals surface area contributed by atoms with Crippen molar-refractivity contribution in [2.24, 2.45) is 5.92 Å². The second-order valence-corrected chi connectivity index (χ2v) is 6.72. The Bertz CT molecular complexity index is 449. The summed E-state index contributed by atoms with van der Waals surface area (Å²) >= 11 is 5.90. The van der Waals surface area contributed by atoms with Crippen molar-refractivity contribution in [3.8, 4) is 0 Å². The van der Waals surface area contributed by atoms with E-state index in [1.165, 1.54) is 0 Å². The predicted molar refractivity (Wildman–Crippen MR) is 83.0 cm³/mol. The molecule has 0 aliphatic carbocycles. The van der Waals surface area contributed by atoms with Crippen LogP contribution in [0.4, 0.5) is 0 Å². The Labute approximate surface area is 126 Å². The summed E-state index contributed by atoms with van der Waals surface area (Å²) < 4.78 is 0. The summed E-state index contributed by atoms with van der Waals surface area (Å²) in [7, 11) is 1.73. The van der Waals surface area contributed by atoms with Gasteiger partial charge in [0.2, 0.25) is 5.91 Å². The van der Waals surface area contributed by atoms with Crippen LogP contribution in [0.5, 0.6) is 0 Å². The monoisotopic (exact) mass is 297 g/mol. The minimum atomic E-state index is -0.897. The van der Waals surface area contributed by atoms with E-state index in [2.05, 4.69) is 0 Å². The van der Waals surface area contributed by atoms with Gasteiger partial charge in [-0.05, 0) is 37.5 Å². The lowest BCUT2D eigenvalue weighted by Gasteiger charge is -2.30. The molecule has 1 aromatic carbocycles. The number of carbonyl (C=O) groups is 1. The molecule has 1 N–H and O–H groups in total. The zero-order valence-electron chi connectivity index (χ0n) is 12.9. The van der Waals surface area contributed by atoms with Crippen LogP contribution in [0, 0.1) is 5.92 Å². The highest BCUT2D eigenvalue weighted by Gasteiger charge is 2.29. The molecule has 1 amide bonds. The van der Waals surface area contributed by atoms with Crippen molar-refractivity contribution in [3.05, 3.63) is 34.9 Å². The van der Waals surface area contributed by atoms with E-state index in [1.54, 1.807) is 37.9 Å². The van der Waals surface area contributed by atoms with Gasteiger partial charge in [0.25, 0.3) is 0 Å². The molecule has 0 aliphatic rings. The number of nitrogens with zero attached hydrogens (tertiary/aromatic N) is 1. The third kappa shape index (κ3) is 4.80. The fraction of sp³-hybridized carbons (Fsp3) is 0.562. The lowest BCUT2D eigenvalue weighted by Crippen LogP contribution is -2.42. The zero-order valence-corrected chi connectivity index (χ0v) is 13.6. The molecule has 1 atom stereocenters. The minimum Gasteiger partial charge on any atom is -0.389 e. The molecule has 0 aromatic heterocycles. The quantitative estimate of drug-likeness (QED) is 0.906. The molecule has 3 nitrogen and oxygen atoms in total. The summed E-state index contributed by atoms with van der Waals surface area (Å²) in [6.07, 6.45) is 0. The van der Waals surface area contributed by atoms with E-state index < -0.39 is 5.60 Å². The Balaban J connectivity index is 2.96. The van der Waals surface area contributed by atoms with Crippen LogP contribution in [0.3, 0.4) is 0 Å². The van der Waals surface area contributed by atoms with Gasteiger partial charge in [0.1, 0.15) is 0 Å². The molecule has 4 heteroatoms. The standard InChI is InChI=1S/C16H24ClNO2/c1-11(2)14(12-6-8-13(17)9-7-12)15(19)18(5)10-16(3,4)20/h6-9,11,14,20H,10H2,1-5H3. The topological polar surface area (TPSA) is 40.5 Å². The highest BCUT2D eigenvalue weighted by Crippen LogP contribution is 2.28. The predicted octanol–water partition coefficient (Wildman–Crippen LogP) is 3.31. The molecule has 0 saturated carbocycles. The Hall–Kier alpha value is -1.06. The van der Waals surface area contributed by atoms with Gasteiger partial charge in [-0.15, -0.1) is 0 Å². The first-order chi connectivity index (χ1) is 9.11. The number of halogens is 1. The van der Waals surface area contributed by atoms with Crippen molar-refractivity contribution in [1.29, 1.82) is 0 Å². The number of hydrogen-bond donors (Lipinski definition) is 1. The fourth-order valence-corrected chi connectivity index (χ4v) is 2.50. The average molecular weight is 298 g/mol. The largest absolute Gasteiger partial charge is 0.389 e. The Morgan fingerprint density at radius 2 is 1.80 bits per heavy atom. The van der Waals surface area contributed by atoms with Crippen LogP contribution in [0.1, 0.15) is 39.2 Å². The van der Waals surface area contributed by atoms with Crippen molar-refractivity contribution >= 4 is 17.5 Å². The molecular weight excluding hydrogens is 274 g/mol. The Kier molecular flexibility index (Phi) is 5.60. The van der Waals surface area contributed by atoms with Gasteiger partial charge in [0, 0.05) is 18.6 Å². The third-order valence-corrected chi connectivity index (χ3v) is 3.41. The molecule has 0 saturated heterocycles. The number of amides is 1. The van der Waals surface area contributed by atoms with Gasteiger partial charge in [-0.3, -0.25) is 4.79 Å². The summed E-state index contributed by atoms with van der Waals surface area (Å²) in [6.45, 7) is 7.75. The van der Waals surface area contributed by atoms with Crippen LogP contribution in [0.15, 0.2) is 24.3 Å². The van der Waals surface area contributed by atoms with E-state index in [0.29, 0.717) is 11.6 Å². The first-order valence-corrected chi connectivity index (χ1v) is 7.22. The first-order valence-electron chi connectivity index (χ1n) is 6.84. The lowest BCUT2D eigenvalue weighted by molar-refractivity contribution is -0.135. The molecule has 0 fully saturated rings. The SMILES string of the molecule is CC(C)C(C(=O)N(C)CC(C)(C)O)c1ccc(Cl)cc1. The van der Waals surface area contributed by atoms with Crippen LogP contribution >= 0.6 is 11.6 Å². The van der Waals surface area contributed by atoms with Crippen LogP contribution in [0.2, 0.25) is 5.02 Å². The number of hydrogen-bond acceptors (Lipinski definition) is 2. The van der Waals surface area contributed by atoms with Gasteiger partial charge < -0.3 is 10.0 Å². The Morgan fingerprint density at radius 3 is 2.20 bits per heavy atom. The maximum Gasteiger partial charge on any atom is 0.230 e. The normalized spacial score (nSPS) is 13.4. The molecule has 0 heterocycles. The molecule has 0 aliphatic heterocycles. The summed E-state index contributed by atoms with van der Waals surface area (Å²) in [5, 5.41) is 10.5. The minimum absolute atomic E-state index is 0.0180. The molecule has 20 heavy (non-hydrogen) atoms. The van der Waals surface area contributed by atoms with Crippen LogP contribution < -0.4 is 0 Å². The van der Waals surface area contributed by atoms with E-state index in [-0.39, 0.29) is 17.7 Å². The molecule has 0 radical (unpaired) electrons. The van der Waals surface area contributed by atoms with Gasteiger partial charge in [-0.1, -0.05) is 37.6 Å². The third-order valence-electron chi connectivity index (χ3n) is 3.16. The van der Waals surface area contributed by atoms with Crippen molar-refractivity contribution in [2.75, 3.05) is 13.6 Å². The highest BCUT2D eigenvalue weighted by molar-refractivity contribution is 6.30. The van der Waals surface area contributed by atoms with Crippen LogP contribution in [-0.2, 0) is 4.79 Å². The second kappa shape index (κ2) is 6.59. The molecular formula is C16H24ClNO2. The zero-order chi connectivity index (χ0) is 15.5. The fourth-order valence-electron chi connectivity index (χ4n) is 2.38. The van der Waals surface area contributed by atoms with Gasteiger partial charge >= 0.3 is 0 Å². The molecule has 112 valence electrons. The second-order valence-electron chi connectivity index (χ2n) is 6.28. The van der Waals surface area contributed by atoms with Crippen molar-refractivity contribution in [2.45, 2.75) is 39.2 Å². The van der Waals surface area contributed by atoms with Crippen molar-refractivity contribution in [1.82, 2.24) is 4.90 Å². The first kappa shape index (κ1) is 17.0. The number of benzene rings is 1. The molecule has 0 spiro atoms. The molecule has 1 rings (SSSR count). The molecule has 1 aromatic rings. The Morgan fingerprint density at radius 1 is 1.30 bits per heavy atom. The average Bonchev–Trinajstić information content (AvgIpc) is 2.29. The van der Waals surface area contributed by atoms with E-state index in [9.17, 15) is 9.90 Å². The maximum atomic E-state index is 12.6. The number of aliphatic hydroxyl groups is 1. The van der Waals surface area contributed by atoms with Crippen LogP contribution in [-0.4, -0.2) is 35.1 Å². The van der Waals surface area contributed by atoms with Gasteiger partial charge in [-0.25, -0.2) is 0 Å². The van der Waals surface area contributed by atoms with E-state index in [0.717, 1.165) is 5.56 Å². The smallest absolute Gasteiger partial charge is 0.230 e. The van der Waals surface area contributed by atoms with E-state index in [4.69, 9.17) is 11.6 Å². The summed E-state index contributed by atoms with van der Waals surface area (Å²) in [4.78, 5) is 14.2. The van der Waals surface area contributed by atoms with Crippen LogP contribution in [0.25, 0.3) is 0 Å². The number of carbonyl (C=O) groups excluding carboxylic acids is 1. The number of rotatable bonds is 5. The van der Waals surface area contributed by atoms with Crippen molar-refractivity contribution in [3.63, 3.8) is 0 Å². The highest BCUT2D eigenvalue weighted by atomic mass is 35.5. The molecule has 0 bridgehead atoms. The van der Waals surface area contributed by atoms with Crippen molar-refractivity contribution < 1.29 is 9.90 Å². The molecule has 1 unspecified atom stereocenters. The summed E-state index contributed by atoms with van der Waals surface area (Å²) in [5.41, 5.74) is 0.0587. The lowest BCUT2D eigenvalue weighted by atomic mass is 9.87. The summed E-state index contributed by atoms with van der Waals surface area (Å²) in [6, 6.07) is 7.39. The van der Waals surface area contributed by atoms with E-state index >= 15 is 0 Å². The number of likely N-dealkylation sites (N-methyl/N-ethyl adjacent to an activating group) is 1. The van der Waals surface area contributed by atoms with Gasteiger partial charge in [0.05, 0.1) is 11.5 Å². The van der Waals surface area contributed by atoms with Gasteiger partial charge in [0.15, 0.2) is 0 Å². The summed E-state index contributed by atoms with van der Waals surface area (Å²) in [5.74, 6) is -0.0306. The van der Waals surface area contributed by atoms with Gasteiger partial charge in [-0.2, -0.15) is 0 Å². The van der Waals surface area contributed by atoms with E-state index in [1.807, 2.05) is 26.0 Å². The maximum absolute atomic E-state index is 12.6.